The molecule has 1 aromatic heterocycles. The van der Waals surface area contributed by atoms with Crippen LogP contribution in [0.5, 0.6) is 0 Å². The minimum absolute atomic E-state index is 0.223. The van der Waals surface area contributed by atoms with Crippen LogP contribution in [-0.4, -0.2) is 27.1 Å². The van der Waals surface area contributed by atoms with Crippen LogP contribution in [0.1, 0.15) is 48.9 Å². The molecule has 1 N–H and O–H groups in total. The number of aliphatic hydroxyl groups is 1. The first kappa shape index (κ1) is 17.1. The van der Waals surface area contributed by atoms with E-state index in [9.17, 15) is 9.50 Å². The summed E-state index contributed by atoms with van der Waals surface area (Å²) in [6.45, 7) is 0.881. The van der Waals surface area contributed by atoms with Gasteiger partial charge in [-0.1, -0.05) is 36.8 Å². The van der Waals surface area contributed by atoms with E-state index in [1.165, 1.54) is 17.8 Å². The second-order valence-corrected chi connectivity index (χ2v) is 7.50. The van der Waals surface area contributed by atoms with Gasteiger partial charge in [-0.25, -0.2) is 9.37 Å². The number of nitrogens with zero attached hydrogens (tertiary/aromatic N) is 3. The van der Waals surface area contributed by atoms with Crippen molar-refractivity contribution >= 4 is 0 Å². The molecule has 2 saturated heterocycles. The van der Waals surface area contributed by atoms with Gasteiger partial charge in [0, 0.05) is 30.4 Å². The van der Waals surface area contributed by atoms with Gasteiger partial charge in [-0.15, -0.1) is 0 Å². The molecule has 0 saturated carbocycles. The van der Waals surface area contributed by atoms with Crippen molar-refractivity contribution in [2.75, 3.05) is 0 Å². The lowest BCUT2D eigenvalue weighted by Gasteiger charge is -2.52. The molecule has 2 bridgehead atoms. The standard InChI is InChI=1S/C21H22FN3O/c22-19-9-16(13-24-20(19)12-23)21(26)10-17-7-4-8-18(11-21)25(17)14-15-5-2-1-3-6-15/h1-3,5-6,9,13,17-18,26H,4,7-8,10-11,14H2. The Morgan fingerprint density at radius 3 is 2.54 bits per heavy atom. The fourth-order valence-electron chi connectivity index (χ4n) is 4.58. The lowest BCUT2D eigenvalue weighted by Crippen LogP contribution is -2.56. The topological polar surface area (TPSA) is 60.1 Å². The summed E-state index contributed by atoms with van der Waals surface area (Å²) >= 11 is 0. The molecule has 2 atom stereocenters. The fraction of sp³-hybridized carbons (Fsp3) is 0.429. The Bertz CT molecular complexity index is 819. The quantitative estimate of drug-likeness (QED) is 0.919. The third-order valence-electron chi connectivity index (χ3n) is 5.85. The summed E-state index contributed by atoms with van der Waals surface area (Å²) in [5.74, 6) is -0.657. The Hall–Kier alpha value is -2.29. The molecule has 0 spiro atoms. The van der Waals surface area contributed by atoms with E-state index in [4.69, 9.17) is 5.26 Å². The van der Waals surface area contributed by atoms with E-state index in [1.54, 1.807) is 6.07 Å². The van der Waals surface area contributed by atoms with Gasteiger partial charge in [-0.3, -0.25) is 4.90 Å². The summed E-state index contributed by atoms with van der Waals surface area (Å²) in [4.78, 5) is 6.39. The molecule has 2 aliphatic rings. The van der Waals surface area contributed by atoms with Crippen molar-refractivity contribution < 1.29 is 9.50 Å². The van der Waals surface area contributed by atoms with E-state index in [0.717, 1.165) is 25.8 Å². The normalized spacial score (nSPS) is 28.5. The number of hydrogen-bond donors (Lipinski definition) is 1. The van der Waals surface area contributed by atoms with Crippen LogP contribution >= 0.6 is 0 Å². The van der Waals surface area contributed by atoms with Crippen LogP contribution in [0.4, 0.5) is 4.39 Å². The number of piperidine rings is 2. The zero-order valence-electron chi connectivity index (χ0n) is 14.6. The fourth-order valence-corrected chi connectivity index (χ4v) is 4.58. The van der Waals surface area contributed by atoms with E-state index in [1.807, 2.05) is 6.07 Å². The van der Waals surface area contributed by atoms with Gasteiger partial charge < -0.3 is 5.11 Å². The molecule has 5 heteroatoms. The highest BCUT2D eigenvalue weighted by molar-refractivity contribution is 5.30. The highest BCUT2D eigenvalue weighted by Crippen LogP contribution is 2.44. The van der Waals surface area contributed by atoms with Crippen LogP contribution in [0, 0.1) is 17.1 Å². The molecule has 3 heterocycles. The number of fused-ring (bicyclic) bond motifs is 2. The Morgan fingerprint density at radius 1 is 1.23 bits per heavy atom. The third-order valence-corrected chi connectivity index (χ3v) is 5.85. The summed E-state index contributed by atoms with van der Waals surface area (Å²) in [6.07, 6.45) is 5.85. The molecular weight excluding hydrogens is 329 g/mol. The molecule has 26 heavy (non-hydrogen) atoms. The lowest BCUT2D eigenvalue weighted by atomic mass is 9.72. The van der Waals surface area contributed by atoms with Crippen molar-refractivity contribution in [1.82, 2.24) is 9.88 Å². The first-order valence-corrected chi connectivity index (χ1v) is 9.17. The van der Waals surface area contributed by atoms with Crippen LogP contribution in [0.15, 0.2) is 42.6 Å². The van der Waals surface area contributed by atoms with Gasteiger partial charge >= 0.3 is 0 Å². The van der Waals surface area contributed by atoms with E-state index < -0.39 is 11.4 Å². The molecule has 4 nitrogen and oxygen atoms in total. The minimum Gasteiger partial charge on any atom is -0.385 e. The van der Waals surface area contributed by atoms with Gasteiger partial charge in [0.05, 0.1) is 5.60 Å². The molecule has 0 radical (unpaired) electrons. The number of hydrogen-bond acceptors (Lipinski definition) is 4. The van der Waals surface area contributed by atoms with Crippen LogP contribution in [0.25, 0.3) is 0 Å². The van der Waals surface area contributed by atoms with E-state index in [2.05, 4.69) is 34.1 Å². The average Bonchev–Trinajstić information content (AvgIpc) is 2.63. The van der Waals surface area contributed by atoms with Crippen LogP contribution < -0.4 is 0 Å². The number of benzene rings is 1. The molecule has 1 aromatic carbocycles. The van der Waals surface area contributed by atoms with E-state index >= 15 is 0 Å². The highest BCUT2D eigenvalue weighted by Gasteiger charge is 2.46. The van der Waals surface area contributed by atoms with Gasteiger partial charge in [0.25, 0.3) is 0 Å². The van der Waals surface area contributed by atoms with Crippen LogP contribution in [0.2, 0.25) is 0 Å². The smallest absolute Gasteiger partial charge is 0.176 e. The second-order valence-electron chi connectivity index (χ2n) is 7.50. The molecule has 2 unspecified atom stereocenters. The Labute approximate surface area is 152 Å². The van der Waals surface area contributed by atoms with Crippen LogP contribution in [-0.2, 0) is 12.1 Å². The van der Waals surface area contributed by atoms with Crippen molar-refractivity contribution in [3.63, 3.8) is 0 Å². The monoisotopic (exact) mass is 351 g/mol. The first-order valence-electron chi connectivity index (χ1n) is 9.17. The zero-order chi connectivity index (χ0) is 18.1. The van der Waals surface area contributed by atoms with Gasteiger partial charge in [-0.2, -0.15) is 5.26 Å². The summed E-state index contributed by atoms with van der Waals surface area (Å²) in [6, 6.07) is 14.0. The Balaban J connectivity index is 1.59. The summed E-state index contributed by atoms with van der Waals surface area (Å²) in [5, 5.41) is 20.2. The maximum atomic E-state index is 14.0. The summed E-state index contributed by atoms with van der Waals surface area (Å²) < 4.78 is 14.0. The summed E-state index contributed by atoms with van der Waals surface area (Å²) in [5.41, 5.74) is 0.468. The maximum Gasteiger partial charge on any atom is 0.176 e. The third kappa shape index (κ3) is 3.11. The number of rotatable bonds is 3. The molecule has 0 amide bonds. The van der Waals surface area contributed by atoms with Crippen molar-refractivity contribution in [3.8, 4) is 6.07 Å². The number of aromatic nitrogens is 1. The number of pyridine rings is 1. The lowest BCUT2D eigenvalue weighted by molar-refractivity contribution is -0.100. The predicted molar refractivity (Wildman–Crippen MR) is 95.5 cm³/mol. The van der Waals surface area contributed by atoms with E-state index in [-0.39, 0.29) is 17.8 Å². The average molecular weight is 351 g/mol. The zero-order valence-corrected chi connectivity index (χ0v) is 14.6. The molecule has 134 valence electrons. The van der Waals surface area contributed by atoms with Gasteiger partial charge in [0.1, 0.15) is 6.07 Å². The van der Waals surface area contributed by atoms with E-state index in [0.29, 0.717) is 18.4 Å². The molecule has 2 aromatic rings. The Kier molecular flexibility index (Phi) is 4.47. The highest BCUT2D eigenvalue weighted by atomic mass is 19.1. The summed E-state index contributed by atoms with van der Waals surface area (Å²) in [7, 11) is 0. The molecular formula is C21H22FN3O. The molecule has 0 aliphatic carbocycles. The van der Waals surface area contributed by atoms with Gasteiger partial charge in [-0.05, 0) is 37.3 Å². The first-order chi connectivity index (χ1) is 12.6. The molecule has 4 rings (SSSR count). The second kappa shape index (κ2) is 6.79. The molecule has 2 aliphatic heterocycles. The number of halogens is 1. The van der Waals surface area contributed by atoms with Crippen molar-refractivity contribution in [2.45, 2.75) is 56.3 Å². The van der Waals surface area contributed by atoms with Gasteiger partial charge in [0.2, 0.25) is 0 Å². The maximum absolute atomic E-state index is 14.0. The SMILES string of the molecule is N#Cc1ncc(C2(O)CC3CCCC(C2)N3Cc2ccccc2)cc1F. The molecule has 2 fully saturated rings. The van der Waals surface area contributed by atoms with Gasteiger partial charge in [0.15, 0.2) is 11.5 Å². The van der Waals surface area contributed by atoms with Crippen molar-refractivity contribution in [2.24, 2.45) is 0 Å². The van der Waals surface area contributed by atoms with Crippen molar-refractivity contribution in [3.05, 3.63) is 65.2 Å². The van der Waals surface area contributed by atoms with Crippen molar-refractivity contribution in [1.29, 1.82) is 5.26 Å². The largest absolute Gasteiger partial charge is 0.385 e. The minimum atomic E-state index is -1.08. The Morgan fingerprint density at radius 2 is 1.92 bits per heavy atom. The number of nitriles is 1. The predicted octanol–water partition coefficient (Wildman–Crippen LogP) is 3.50. The van der Waals surface area contributed by atoms with Crippen LogP contribution in [0.3, 0.4) is 0 Å².